The summed E-state index contributed by atoms with van der Waals surface area (Å²) in [7, 11) is 0. The van der Waals surface area contributed by atoms with Crippen LogP contribution in [0.2, 0.25) is 0 Å². The molecule has 2 rings (SSSR count). The molecule has 0 aliphatic carbocycles. The van der Waals surface area contributed by atoms with Gasteiger partial charge in [-0.3, -0.25) is 0 Å². The van der Waals surface area contributed by atoms with Crippen molar-refractivity contribution in [3.8, 4) is 0 Å². The Morgan fingerprint density at radius 3 is 2.94 bits per heavy atom. The van der Waals surface area contributed by atoms with E-state index in [1.807, 2.05) is 6.07 Å². The van der Waals surface area contributed by atoms with Gasteiger partial charge in [-0.05, 0) is 31.0 Å². The molecule has 1 nitrogen and oxygen atoms in total. The average molecular weight is 280 g/mol. The van der Waals surface area contributed by atoms with Crippen molar-refractivity contribution in [2.24, 2.45) is 0 Å². The van der Waals surface area contributed by atoms with Crippen molar-refractivity contribution >= 4 is 22.0 Å². The van der Waals surface area contributed by atoms with E-state index >= 15 is 0 Å². The molecule has 2 heteroatoms. The molecule has 1 heterocycles. The fourth-order valence-corrected chi connectivity index (χ4v) is 2.47. The Balaban J connectivity index is 2.00. The number of nitrogens with one attached hydrogen (secondary N) is 1. The van der Waals surface area contributed by atoms with Crippen LogP contribution in [0.15, 0.2) is 34.8 Å². The second-order valence-corrected chi connectivity index (χ2v) is 5.14. The van der Waals surface area contributed by atoms with Gasteiger partial charge in [0.15, 0.2) is 0 Å². The summed E-state index contributed by atoms with van der Waals surface area (Å²) in [4.78, 5) is 0. The molecule has 1 fully saturated rings. The van der Waals surface area contributed by atoms with Crippen LogP contribution >= 0.6 is 15.9 Å². The van der Waals surface area contributed by atoms with Crippen LogP contribution in [0.5, 0.6) is 0 Å². The molecule has 1 saturated heterocycles. The fraction of sp³-hybridized carbons (Fsp3) is 0.429. The first kappa shape index (κ1) is 11.9. The Kier molecular flexibility index (Phi) is 4.61. The Morgan fingerprint density at radius 2 is 2.06 bits per heavy atom. The first-order valence-electron chi connectivity index (χ1n) is 6.02. The lowest BCUT2D eigenvalue weighted by molar-refractivity contribution is 0.599. The third kappa shape index (κ3) is 3.46. The van der Waals surface area contributed by atoms with E-state index in [-0.39, 0.29) is 0 Å². The topological polar surface area (TPSA) is 12.0 Å². The molecule has 0 bridgehead atoms. The Hall–Kier alpha value is -0.600. The highest BCUT2D eigenvalue weighted by Gasteiger charge is 2.07. The predicted molar refractivity (Wildman–Crippen MR) is 73.4 cm³/mol. The van der Waals surface area contributed by atoms with Gasteiger partial charge in [-0.1, -0.05) is 59.1 Å². The maximum absolute atomic E-state index is 3.57. The van der Waals surface area contributed by atoms with Gasteiger partial charge in [0.25, 0.3) is 0 Å². The second kappa shape index (κ2) is 6.21. The molecule has 1 N–H and O–H groups in total. The lowest BCUT2D eigenvalue weighted by Gasteiger charge is -2.10. The van der Waals surface area contributed by atoms with E-state index in [9.17, 15) is 0 Å². The predicted octanol–water partition coefficient (Wildman–Crippen LogP) is 3.99. The Labute approximate surface area is 106 Å². The Bertz CT molecular complexity index is 352. The molecule has 1 unspecified atom stereocenters. The van der Waals surface area contributed by atoms with Gasteiger partial charge in [-0.2, -0.15) is 0 Å². The molecule has 1 atom stereocenters. The summed E-state index contributed by atoms with van der Waals surface area (Å²) in [5.74, 6) is 0. The number of benzene rings is 1. The van der Waals surface area contributed by atoms with Gasteiger partial charge in [0.05, 0.1) is 0 Å². The van der Waals surface area contributed by atoms with Crippen molar-refractivity contribution in [2.45, 2.75) is 31.7 Å². The summed E-state index contributed by atoms with van der Waals surface area (Å²) in [6, 6.07) is 8.89. The summed E-state index contributed by atoms with van der Waals surface area (Å²) >= 11 is 3.57. The maximum Gasteiger partial charge on any atom is 0.0253 e. The van der Waals surface area contributed by atoms with E-state index in [1.165, 1.54) is 35.7 Å². The number of rotatable bonds is 2. The SMILES string of the molecule is Brc1ccccc1/C=C/C1CCCCCN1. The molecule has 1 aromatic rings. The number of hydrogen-bond acceptors (Lipinski definition) is 1. The first-order valence-corrected chi connectivity index (χ1v) is 6.82. The summed E-state index contributed by atoms with van der Waals surface area (Å²) < 4.78 is 1.17. The van der Waals surface area contributed by atoms with Crippen LogP contribution in [0, 0.1) is 0 Å². The van der Waals surface area contributed by atoms with Crippen molar-refractivity contribution in [1.82, 2.24) is 5.32 Å². The molecule has 0 spiro atoms. The van der Waals surface area contributed by atoms with E-state index in [0.717, 1.165) is 6.54 Å². The van der Waals surface area contributed by atoms with Crippen LogP contribution in [0.3, 0.4) is 0 Å². The third-order valence-corrected chi connectivity index (χ3v) is 3.73. The van der Waals surface area contributed by atoms with Crippen molar-refractivity contribution in [1.29, 1.82) is 0 Å². The van der Waals surface area contributed by atoms with E-state index in [0.29, 0.717) is 6.04 Å². The molecular weight excluding hydrogens is 262 g/mol. The van der Waals surface area contributed by atoms with Gasteiger partial charge < -0.3 is 5.32 Å². The van der Waals surface area contributed by atoms with Crippen LogP contribution < -0.4 is 5.32 Å². The van der Waals surface area contributed by atoms with Crippen LogP contribution in [0.4, 0.5) is 0 Å². The minimum absolute atomic E-state index is 0.551. The van der Waals surface area contributed by atoms with Gasteiger partial charge in [0.2, 0.25) is 0 Å². The molecular formula is C14H18BrN. The molecule has 0 saturated carbocycles. The van der Waals surface area contributed by atoms with Gasteiger partial charge in [0.1, 0.15) is 0 Å². The normalized spacial score (nSPS) is 22.2. The molecule has 0 aromatic heterocycles. The van der Waals surface area contributed by atoms with Crippen LogP contribution in [0.25, 0.3) is 6.08 Å². The van der Waals surface area contributed by atoms with Crippen molar-refractivity contribution in [3.05, 3.63) is 40.4 Å². The largest absolute Gasteiger partial charge is 0.311 e. The molecule has 16 heavy (non-hydrogen) atoms. The summed E-state index contributed by atoms with van der Waals surface area (Å²) in [6.45, 7) is 1.16. The van der Waals surface area contributed by atoms with E-state index in [1.54, 1.807) is 0 Å². The van der Waals surface area contributed by atoms with Crippen molar-refractivity contribution < 1.29 is 0 Å². The second-order valence-electron chi connectivity index (χ2n) is 4.29. The van der Waals surface area contributed by atoms with E-state index < -0.39 is 0 Å². The highest BCUT2D eigenvalue weighted by Crippen LogP contribution is 2.18. The van der Waals surface area contributed by atoms with Gasteiger partial charge in [-0.25, -0.2) is 0 Å². The monoisotopic (exact) mass is 279 g/mol. The number of halogens is 1. The van der Waals surface area contributed by atoms with Crippen molar-refractivity contribution in [3.63, 3.8) is 0 Å². The molecule has 0 amide bonds. The number of hydrogen-bond donors (Lipinski definition) is 1. The summed E-state index contributed by atoms with van der Waals surface area (Å²) in [5.41, 5.74) is 1.26. The summed E-state index contributed by atoms with van der Waals surface area (Å²) in [6.07, 6.45) is 9.81. The van der Waals surface area contributed by atoms with Crippen molar-refractivity contribution in [2.75, 3.05) is 6.54 Å². The summed E-state index contributed by atoms with van der Waals surface area (Å²) in [5, 5.41) is 3.57. The standard InChI is InChI=1S/C14H18BrN/c15-14-8-4-3-6-12(14)9-10-13-7-2-1-5-11-16-13/h3-4,6,8-10,13,16H,1-2,5,7,11H2/b10-9+. The lowest BCUT2D eigenvalue weighted by Crippen LogP contribution is -2.25. The molecule has 1 aliphatic heterocycles. The quantitative estimate of drug-likeness (QED) is 0.863. The lowest BCUT2D eigenvalue weighted by atomic mass is 10.1. The zero-order valence-electron chi connectivity index (χ0n) is 9.45. The minimum atomic E-state index is 0.551. The fourth-order valence-electron chi connectivity index (χ4n) is 2.05. The zero-order valence-corrected chi connectivity index (χ0v) is 11.0. The minimum Gasteiger partial charge on any atom is -0.311 e. The Morgan fingerprint density at radius 1 is 1.19 bits per heavy atom. The van der Waals surface area contributed by atoms with E-state index in [4.69, 9.17) is 0 Å². The average Bonchev–Trinajstić information content (AvgIpc) is 2.56. The molecule has 1 aromatic carbocycles. The molecule has 0 radical (unpaired) electrons. The van der Waals surface area contributed by atoms with Gasteiger partial charge in [-0.15, -0.1) is 0 Å². The molecule has 86 valence electrons. The van der Waals surface area contributed by atoms with E-state index in [2.05, 4.69) is 51.6 Å². The maximum atomic E-state index is 3.57. The molecule has 1 aliphatic rings. The third-order valence-electron chi connectivity index (χ3n) is 3.01. The van der Waals surface area contributed by atoms with Gasteiger partial charge in [0, 0.05) is 10.5 Å². The van der Waals surface area contributed by atoms with Gasteiger partial charge >= 0.3 is 0 Å². The first-order chi connectivity index (χ1) is 7.86. The highest BCUT2D eigenvalue weighted by atomic mass is 79.9. The van der Waals surface area contributed by atoms with Crippen LogP contribution in [-0.2, 0) is 0 Å². The van der Waals surface area contributed by atoms with Crippen LogP contribution in [0.1, 0.15) is 31.2 Å². The zero-order chi connectivity index (χ0) is 11.2. The highest BCUT2D eigenvalue weighted by molar-refractivity contribution is 9.10. The van der Waals surface area contributed by atoms with Crippen LogP contribution in [-0.4, -0.2) is 12.6 Å². The smallest absolute Gasteiger partial charge is 0.0253 e.